The summed E-state index contributed by atoms with van der Waals surface area (Å²) in [6.45, 7) is 4.58. The van der Waals surface area contributed by atoms with Gasteiger partial charge in [-0.1, -0.05) is 0 Å². The molecule has 0 aromatic heterocycles. The van der Waals surface area contributed by atoms with E-state index in [1.54, 1.807) is 14.0 Å². The maximum Gasteiger partial charge on any atom is 0.325 e. The van der Waals surface area contributed by atoms with Crippen LogP contribution in [-0.2, 0) is 14.3 Å². The van der Waals surface area contributed by atoms with Gasteiger partial charge in [-0.05, 0) is 45.6 Å². The van der Waals surface area contributed by atoms with Crippen LogP contribution < -0.4 is 5.73 Å². The molecule has 0 bridgehead atoms. The van der Waals surface area contributed by atoms with Gasteiger partial charge in [-0.25, -0.2) is 0 Å². The summed E-state index contributed by atoms with van der Waals surface area (Å²) in [5.74, 6) is -0.328. The Balaban J connectivity index is 2.19. The molecule has 5 heteroatoms. The second-order valence-electron chi connectivity index (χ2n) is 5.63. The van der Waals surface area contributed by atoms with Gasteiger partial charge in [0.15, 0.2) is 0 Å². The van der Waals surface area contributed by atoms with E-state index in [2.05, 4.69) is 4.90 Å². The van der Waals surface area contributed by atoms with Gasteiger partial charge in [0.25, 0.3) is 0 Å². The van der Waals surface area contributed by atoms with Crippen LogP contribution >= 0.6 is 0 Å². The minimum absolute atomic E-state index is 0.328. The molecule has 0 aliphatic heterocycles. The standard InChI is InChI=1S/C14H28N2O3/c1-14(15,13(17)19-3)8-4-5-9-16(10-11-18-2)12-6-7-12/h12H,4-11,15H2,1-3H3. The number of ether oxygens (including phenoxy) is 2. The Kier molecular flexibility index (Phi) is 6.75. The van der Waals surface area contributed by atoms with Gasteiger partial charge in [0.2, 0.25) is 0 Å². The molecule has 1 unspecified atom stereocenters. The van der Waals surface area contributed by atoms with E-state index < -0.39 is 5.54 Å². The number of nitrogens with two attached hydrogens (primary N) is 1. The lowest BCUT2D eigenvalue weighted by Gasteiger charge is -2.24. The van der Waals surface area contributed by atoms with Crippen LogP contribution in [0.5, 0.6) is 0 Å². The van der Waals surface area contributed by atoms with Gasteiger partial charge in [-0.15, -0.1) is 0 Å². The first-order chi connectivity index (χ1) is 9.01. The number of carbonyl (C=O) groups is 1. The van der Waals surface area contributed by atoms with Crippen molar-refractivity contribution in [3.05, 3.63) is 0 Å². The van der Waals surface area contributed by atoms with E-state index >= 15 is 0 Å². The zero-order valence-corrected chi connectivity index (χ0v) is 12.5. The van der Waals surface area contributed by atoms with E-state index in [0.29, 0.717) is 6.42 Å². The molecule has 0 aromatic carbocycles. The van der Waals surface area contributed by atoms with Gasteiger partial charge in [0.1, 0.15) is 5.54 Å². The second-order valence-corrected chi connectivity index (χ2v) is 5.63. The number of unbranched alkanes of at least 4 members (excludes halogenated alkanes) is 1. The highest BCUT2D eigenvalue weighted by molar-refractivity contribution is 5.79. The molecule has 1 saturated carbocycles. The van der Waals surface area contributed by atoms with Crippen molar-refractivity contribution >= 4 is 5.97 Å². The largest absolute Gasteiger partial charge is 0.468 e. The summed E-state index contributed by atoms with van der Waals surface area (Å²) in [6, 6.07) is 0.750. The Morgan fingerprint density at radius 2 is 2.00 bits per heavy atom. The molecular weight excluding hydrogens is 244 g/mol. The lowest BCUT2D eigenvalue weighted by atomic mass is 9.96. The minimum Gasteiger partial charge on any atom is -0.468 e. The molecule has 1 aliphatic carbocycles. The molecule has 0 spiro atoms. The lowest BCUT2D eigenvalue weighted by Crippen LogP contribution is -2.45. The predicted molar refractivity (Wildman–Crippen MR) is 74.9 cm³/mol. The molecule has 1 atom stereocenters. The Morgan fingerprint density at radius 3 is 2.53 bits per heavy atom. The molecule has 112 valence electrons. The summed E-state index contributed by atoms with van der Waals surface area (Å²) in [6.07, 6.45) is 5.28. The number of methoxy groups -OCH3 is 2. The van der Waals surface area contributed by atoms with Crippen molar-refractivity contribution in [2.45, 2.75) is 50.6 Å². The number of carbonyl (C=O) groups excluding carboxylic acids is 1. The van der Waals surface area contributed by atoms with E-state index in [4.69, 9.17) is 15.2 Å². The Morgan fingerprint density at radius 1 is 1.32 bits per heavy atom. The second kappa shape index (κ2) is 7.82. The molecule has 0 saturated heterocycles. The summed E-state index contributed by atoms with van der Waals surface area (Å²) < 4.78 is 9.84. The first-order valence-electron chi connectivity index (χ1n) is 7.11. The van der Waals surface area contributed by atoms with Gasteiger partial charge in [0.05, 0.1) is 13.7 Å². The fraction of sp³-hybridized carbons (Fsp3) is 0.929. The molecule has 1 aliphatic rings. The summed E-state index contributed by atoms with van der Waals surface area (Å²) in [4.78, 5) is 13.9. The van der Waals surface area contributed by atoms with Gasteiger partial charge in [-0.3, -0.25) is 9.69 Å². The predicted octanol–water partition coefficient (Wildman–Crippen LogP) is 1.16. The number of nitrogens with zero attached hydrogens (tertiary/aromatic N) is 1. The molecule has 5 nitrogen and oxygen atoms in total. The highest BCUT2D eigenvalue weighted by atomic mass is 16.5. The Hall–Kier alpha value is -0.650. The smallest absolute Gasteiger partial charge is 0.325 e. The van der Waals surface area contributed by atoms with Crippen LogP contribution in [0.4, 0.5) is 0 Å². The molecule has 0 aromatic rings. The zero-order valence-electron chi connectivity index (χ0n) is 12.5. The van der Waals surface area contributed by atoms with Crippen molar-refractivity contribution in [3.63, 3.8) is 0 Å². The van der Waals surface area contributed by atoms with E-state index in [-0.39, 0.29) is 5.97 Å². The number of hydrogen-bond acceptors (Lipinski definition) is 5. The molecule has 0 heterocycles. The van der Waals surface area contributed by atoms with Crippen LogP contribution in [0.25, 0.3) is 0 Å². The van der Waals surface area contributed by atoms with Crippen molar-refractivity contribution < 1.29 is 14.3 Å². The third-order valence-corrected chi connectivity index (χ3v) is 3.69. The van der Waals surface area contributed by atoms with Gasteiger partial charge >= 0.3 is 5.97 Å². The topological polar surface area (TPSA) is 64.8 Å². The van der Waals surface area contributed by atoms with E-state index in [1.165, 1.54) is 20.0 Å². The molecule has 19 heavy (non-hydrogen) atoms. The molecule has 0 radical (unpaired) electrons. The third kappa shape index (κ3) is 5.89. The number of rotatable bonds is 10. The Labute approximate surface area is 116 Å². The first kappa shape index (κ1) is 16.4. The van der Waals surface area contributed by atoms with Gasteiger partial charge < -0.3 is 15.2 Å². The van der Waals surface area contributed by atoms with Crippen molar-refractivity contribution in [1.29, 1.82) is 0 Å². The summed E-state index contributed by atoms with van der Waals surface area (Å²) in [5, 5.41) is 0. The minimum atomic E-state index is -0.855. The number of hydrogen-bond donors (Lipinski definition) is 1. The number of esters is 1. The van der Waals surface area contributed by atoms with Crippen molar-refractivity contribution in [3.8, 4) is 0 Å². The normalized spacial score (nSPS) is 18.4. The van der Waals surface area contributed by atoms with E-state index in [0.717, 1.165) is 38.6 Å². The summed E-state index contributed by atoms with van der Waals surface area (Å²) in [5.41, 5.74) is 5.08. The Bertz CT molecular complexity index is 278. The van der Waals surface area contributed by atoms with Crippen molar-refractivity contribution in [2.24, 2.45) is 5.73 Å². The maximum absolute atomic E-state index is 11.4. The monoisotopic (exact) mass is 272 g/mol. The maximum atomic E-state index is 11.4. The summed E-state index contributed by atoms with van der Waals surface area (Å²) in [7, 11) is 3.12. The average Bonchev–Trinajstić information content (AvgIpc) is 3.21. The van der Waals surface area contributed by atoms with Crippen molar-refractivity contribution in [2.75, 3.05) is 33.9 Å². The molecular formula is C14H28N2O3. The molecule has 1 fully saturated rings. The fourth-order valence-corrected chi connectivity index (χ4v) is 2.27. The molecule has 2 N–H and O–H groups in total. The van der Waals surface area contributed by atoms with Crippen LogP contribution in [0.3, 0.4) is 0 Å². The van der Waals surface area contributed by atoms with Gasteiger partial charge in [-0.2, -0.15) is 0 Å². The zero-order chi connectivity index (χ0) is 14.3. The molecule has 1 rings (SSSR count). The summed E-state index contributed by atoms with van der Waals surface area (Å²) >= 11 is 0. The first-order valence-corrected chi connectivity index (χ1v) is 7.11. The van der Waals surface area contributed by atoms with Crippen LogP contribution in [0.15, 0.2) is 0 Å². The average molecular weight is 272 g/mol. The highest BCUT2D eigenvalue weighted by Crippen LogP contribution is 2.27. The quantitative estimate of drug-likeness (QED) is 0.477. The van der Waals surface area contributed by atoms with Crippen LogP contribution in [0.2, 0.25) is 0 Å². The van der Waals surface area contributed by atoms with Crippen molar-refractivity contribution in [1.82, 2.24) is 4.90 Å². The molecule has 0 amide bonds. The van der Waals surface area contributed by atoms with E-state index in [9.17, 15) is 4.79 Å². The lowest BCUT2D eigenvalue weighted by molar-refractivity contribution is -0.146. The van der Waals surface area contributed by atoms with Crippen LogP contribution in [0, 0.1) is 0 Å². The highest BCUT2D eigenvalue weighted by Gasteiger charge is 2.30. The third-order valence-electron chi connectivity index (χ3n) is 3.69. The SMILES string of the molecule is COCCN(CCCCC(C)(N)C(=O)OC)C1CC1. The fourth-order valence-electron chi connectivity index (χ4n) is 2.27. The van der Waals surface area contributed by atoms with Gasteiger partial charge in [0, 0.05) is 19.7 Å². The van der Waals surface area contributed by atoms with Crippen LogP contribution in [-0.4, -0.2) is 56.4 Å². The van der Waals surface area contributed by atoms with E-state index in [1.807, 2.05) is 0 Å². The van der Waals surface area contributed by atoms with Crippen LogP contribution in [0.1, 0.15) is 39.0 Å².